The Balaban J connectivity index is 1.85. The van der Waals surface area contributed by atoms with Gasteiger partial charge in [0.2, 0.25) is 0 Å². The molecule has 1 aliphatic heterocycles. The first-order chi connectivity index (χ1) is 11.6. The van der Waals surface area contributed by atoms with Crippen molar-refractivity contribution in [1.29, 1.82) is 0 Å². The topological polar surface area (TPSA) is 30.9 Å². The number of piperidine rings is 1. The predicted molar refractivity (Wildman–Crippen MR) is 98.7 cm³/mol. The summed E-state index contributed by atoms with van der Waals surface area (Å²) >= 11 is 0. The van der Waals surface area contributed by atoms with Crippen LogP contribution in [0.1, 0.15) is 31.7 Å². The monoisotopic (exact) mass is 334 g/mol. The Morgan fingerprint density at radius 3 is 2.58 bits per heavy atom. The number of guanidine groups is 1. The van der Waals surface area contributed by atoms with E-state index in [-0.39, 0.29) is 5.82 Å². The van der Waals surface area contributed by atoms with Crippen LogP contribution in [0.5, 0.6) is 0 Å². The molecule has 24 heavy (non-hydrogen) atoms. The van der Waals surface area contributed by atoms with Gasteiger partial charge in [-0.2, -0.15) is 0 Å². The minimum absolute atomic E-state index is 0.194. The molecule has 0 amide bonds. The van der Waals surface area contributed by atoms with Crippen LogP contribution in [0.4, 0.5) is 4.39 Å². The van der Waals surface area contributed by atoms with Gasteiger partial charge in [-0.15, -0.1) is 0 Å². The lowest BCUT2D eigenvalue weighted by molar-refractivity contribution is 0.214. The minimum atomic E-state index is -0.194. The van der Waals surface area contributed by atoms with E-state index < -0.39 is 0 Å². The first-order valence-electron chi connectivity index (χ1n) is 9.01. The highest BCUT2D eigenvalue weighted by Crippen LogP contribution is 2.19. The molecule has 1 aliphatic rings. The molecule has 5 heteroatoms. The van der Waals surface area contributed by atoms with Crippen molar-refractivity contribution < 1.29 is 4.39 Å². The zero-order valence-electron chi connectivity index (χ0n) is 15.3. The molecule has 1 fully saturated rings. The summed E-state index contributed by atoms with van der Waals surface area (Å²) in [5.41, 5.74) is 1.08. The van der Waals surface area contributed by atoms with Crippen molar-refractivity contribution in [2.75, 3.05) is 40.3 Å². The Morgan fingerprint density at radius 2 is 1.96 bits per heavy atom. The molecule has 1 aromatic rings. The highest BCUT2D eigenvalue weighted by atomic mass is 19.1. The van der Waals surface area contributed by atoms with Gasteiger partial charge in [-0.05, 0) is 69.9 Å². The fourth-order valence-corrected chi connectivity index (χ4v) is 3.11. The van der Waals surface area contributed by atoms with Gasteiger partial charge in [0, 0.05) is 26.7 Å². The molecule has 0 spiro atoms. The normalized spacial score (nSPS) is 17.1. The van der Waals surface area contributed by atoms with Gasteiger partial charge in [0.15, 0.2) is 5.96 Å². The van der Waals surface area contributed by atoms with Gasteiger partial charge in [0.25, 0.3) is 0 Å². The number of aliphatic imine (C=N–C) groups is 1. The van der Waals surface area contributed by atoms with E-state index in [2.05, 4.69) is 29.1 Å². The third-order valence-corrected chi connectivity index (χ3v) is 4.67. The van der Waals surface area contributed by atoms with Crippen LogP contribution in [-0.4, -0.2) is 56.0 Å². The number of halogens is 1. The number of rotatable bonds is 6. The van der Waals surface area contributed by atoms with E-state index in [1.54, 1.807) is 0 Å². The number of nitrogens with zero attached hydrogens (tertiary/aromatic N) is 3. The van der Waals surface area contributed by atoms with Gasteiger partial charge in [0.1, 0.15) is 5.82 Å². The summed E-state index contributed by atoms with van der Waals surface area (Å²) in [5, 5.41) is 3.35. The molecule has 0 unspecified atom stereocenters. The number of hydrogen-bond donors (Lipinski definition) is 1. The van der Waals surface area contributed by atoms with Gasteiger partial charge >= 0.3 is 0 Å². The second kappa shape index (κ2) is 9.62. The first kappa shape index (κ1) is 18.7. The lowest BCUT2D eigenvalue weighted by atomic mass is 9.94. The largest absolute Gasteiger partial charge is 0.357 e. The van der Waals surface area contributed by atoms with Crippen molar-refractivity contribution in [2.45, 2.75) is 32.7 Å². The van der Waals surface area contributed by atoms with E-state index in [0.29, 0.717) is 0 Å². The molecule has 1 heterocycles. The van der Waals surface area contributed by atoms with E-state index in [1.807, 2.05) is 19.2 Å². The van der Waals surface area contributed by atoms with Crippen LogP contribution in [0, 0.1) is 11.7 Å². The van der Waals surface area contributed by atoms with Crippen LogP contribution in [0.15, 0.2) is 29.3 Å². The highest BCUT2D eigenvalue weighted by Gasteiger charge is 2.16. The molecule has 4 nitrogen and oxygen atoms in total. The summed E-state index contributed by atoms with van der Waals surface area (Å²) in [6, 6.07) is 6.67. The van der Waals surface area contributed by atoms with E-state index in [0.717, 1.165) is 43.5 Å². The molecule has 0 atom stereocenters. The average molecular weight is 334 g/mol. The standard InChI is InChI=1S/C19H31FN4/c1-4-21-19(22-12-9-16-10-13-23(2)14-11-16)24(3)15-17-5-7-18(20)8-6-17/h5-8,16H,4,9-15H2,1-3H3,(H,21,22). The third kappa shape index (κ3) is 6.11. The molecule has 1 saturated heterocycles. The Kier molecular flexibility index (Phi) is 7.50. The number of likely N-dealkylation sites (tertiary alicyclic amines) is 1. The molecule has 0 radical (unpaired) electrons. The average Bonchev–Trinajstić information content (AvgIpc) is 2.58. The fourth-order valence-electron chi connectivity index (χ4n) is 3.11. The molecule has 0 aromatic heterocycles. The van der Waals surface area contributed by atoms with Crippen molar-refractivity contribution in [3.8, 4) is 0 Å². The molecule has 0 bridgehead atoms. The highest BCUT2D eigenvalue weighted by molar-refractivity contribution is 5.79. The first-order valence-corrected chi connectivity index (χ1v) is 9.01. The van der Waals surface area contributed by atoms with Crippen molar-refractivity contribution in [2.24, 2.45) is 10.9 Å². The summed E-state index contributed by atoms with van der Waals surface area (Å²) in [6.07, 6.45) is 3.73. The molecule has 0 saturated carbocycles. The molecular formula is C19H31FN4. The van der Waals surface area contributed by atoms with Gasteiger partial charge < -0.3 is 15.1 Å². The van der Waals surface area contributed by atoms with Crippen LogP contribution < -0.4 is 5.32 Å². The van der Waals surface area contributed by atoms with Crippen molar-refractivity contribution in [3.05, 3.63) is 35.6 Å². The lowest BCUT2D eigenvalue weighted by Gasteiger charge is -2.28. The van der Waals surface area contributed by atoms with Crippen LogP contribution in [0.2, 0.25) is 0 Å². The molecule has 134 valence electrons. The Labute approximate surface area is 145 Å². The zero-order valence-corrected chi connectivity index (χ0v) is 15.3. The summed E-state index contributed by atoms with van der Waals surface area (Å²) in [5.74, 6) is 1.53. The maximum Gasteiger partial charge on any atom is 0.193 e. The molecule has 1 aromatic carbocycles. The maximum absolute atomic E-state index is 13.0. The van der Waals surface area contributed by atoms with E-state index in [1.165, 1.54) is 38.1 Å². The van der Waals surface area contributed by atoms with Crippen LogP contribution in [0.3, 0.4) is 0 Å². The van der Waals surface area contributed by atoms with E-state index in [9.17, 15) is 4.39 Å². The molecule has 1 N–H and O–H groups in total. The SMILES string of the molecule is CCNC(=NCCC1CCN(C)CC1)N(C)Cc1ccc(F)cc1. The third-order valence-electron chi connectivity index (χ3n) is 4.67. The Morgan fingerprint density at radius 1 is 1.29 bits per heavy atom. The Bertz CT molecular complexity index is 507. The quantitative estimate of drug-likeness (QED) is 0.641. The minimum Gasteiger partial charge on any atom is -0.357 e. The number of benzene rings is 1. The van der Waals surface area contributed by atoms with Crippen LogP contribution in [0.25, 0.3) is 0 Å². The van der Waals surface area contributed by atoms with Crippen molar-refractivity contribution in [1.82, 2.24) is 15.1 Å². The fraction of sp³-hybridized carbons (Fsp3) is 0.632. The summed E-state index contributed by atoms with van der Waals surface area (Å²) in [7, 11) is 4.22. The Hall–Kier alpha value is -1.62. The second-order valence-corrected chi connectivity index (χ2v) is 6.75. The number of hydrogen-bond acceptors (Lipinski definition) is 2. The van der Waals surface area contributed by atoms with E-state index in [4.69, 9.17) is 4.99 Å². The van der Waals surface area contributed by atoms with Crippen molar-refractivity contribution >= 4 is 5.96 Å². The van der Waals surface area contributed by atoms with Crippen LogP contribution >= 0.6 is 0 Å². The van der Waals surface area contributed by atoms with Gasteiger partial charge in [-0.25, -0.2) is 4.39 Å². The molecule has 2 rings (SSSR count). The lowest BCUT2D eigenvalue weighted by Crippen LogP contribution is -2.38. The van der Waals surface area contributed by atoms with Gasteiger partial charge in [-0.1, -0.05) is 12.1 Å². The summed E-state index contributed by atoms with van der Waals surface area (Å²) in [6.45, 7) is 6.93. The van der Waals surface area contributed by atoms with Crippen LogP contribution in [-0.2, 0) is 6.54 Å². The molecular weight excluding hydrogens is 303 g/mol. The molecule has 0 aliphatic carbocycles. The van der Waals surface area contributed by atoms with E-state index >= 15 is 0 Å². The maximum atomic E-state index is 13.0. The van der Waals surface area contributed by atoms with Gasteiger partial charge in [0.05, 0.1) is 0 Å². The van der Waals surface area contributed by atoms with Gasteiger partial charge in [-0.3, -0.25) is 4.99 Å². The van der Waals surface area contributed by atoms with Crippen molar-refractivity contribution in [3.63, 3.8) is 0 Å². The zero-order chi connectivity index (χ0) is 17.4. The smallest absolute Gasteiger partial charge is 0.193 e. The summed E-state index contributed by atoms with van der Waals surface area (Å²) < 4.78 is 13.0. The predicted octanol–water partition coefficient (Wildman–Crippen LogP) is 2.95. The number of nitrogens with one attached hydrogen (secondary N) is 1. The summed E-state index contributed by atoms with van der Waals surface area (Å²) in [4.78, 5) is 9.29. The second-order valence-electron chi connectivity index (χ2n) is 6.75.